The molecule has 116 valence electrons. The molecule has 0 bridgehead atoms. The third kappa shape index (κ3) is 3.64. The van der Waals surface area contributed by atoms with E-state index in [0.29, 0.717) is 23.7 Å². The maximum absolute atomic E-state index is 12.5. The van der Waals surface area contributed by atoms with Crippen molar-refractivity contribution in [2.24, 2.45) is 5.92 Å². The van der Waals surface area contributed by atoms with Gasteiger partial charge in [0.25, 0.3) is 0 Å². The summed E-state index contributed by atoms with van der Waals surface area (Å²) in [4.78, 5) is 23.0. The molecule has 1 fully saturated rings. The van der Waals surface area contributed by atoms with Crippen molar-refractivity contribution < 1.29 is 4.79 Å². The zero-order chi connectivity index (χ0) is 16.1. The summed E-state index contributed by atoms with van der Waals surface area (Å²) in [7, 11) is 0. The summed E-state index contributed by atoms with van der Waals surface area (Å²) < 4.78 is 0. The van der Waals surface area contributed by atoms with Crippen LogP contribution in [0.3, 0.4) is 0 Å². The summed E-state index contributed by atoms with van der Waals surface area (Å²) in [6.07, 6.45) is 5.18. The maximum atomic E-state index is 12.5. The van der Waals surface area contributed by atoms with Crippen LogP contribution in [0.5, 0.6) is 0 Å². The van der Waals surface area contributed by atoms with Crippen LogP contribution in [-0.4, -0.2) is 29.0 Å². The molecule has 3 rings (SSSR count). The van der Waals surface area contributed by atoms with Crippen LogP contribution in [0.1, 0.15) is 18.4 Å². The molecule has 1 saturated heterocycles. The highest BCUT2D eigenvalue weighted by Gasteiger charge is 2.27. The van der Waals surface area contributed by atoms with Crippen molar-refractivity contribution in [3.8, 4) is 6.07 Å². The van der Waals surface area contributed by atoms with E-state index in [2.05, 4.69) is 21.4 Å². The number of nitriles is 1. The lowest BCUT2D eigenvalue weighted by Gasteiger charge is -2.31. The zero-order valence-corrected chi connectivity index (χ0v) is 12.6. The highest BCUT2D eigenvalue weighted by Crippen LogP contribution is 2.21. The van der Waals surface area contributed by atoms with Gasteiger partial charge in [0.05, 0.1) is 17.6 Å². The van der Waals surface area contributed by atoms with Gasteiger partial charge in [-0.25, -0.2) is 9.97 Å². The summed E-state index contributed by atoms with van der Waals surface area (Å²) in [5.41, 5.74) is 1.19. The highest BCUT2D eigenvalue weighted by molar-refractivity contribution is 5.93. The molecule has 0 spiro atoms. The normalized spacial score (nSPS) is 17.3. The highest BCUT2D eigenvalue weighted by atomic mass is 16.1. The van der Waals surface area contributed by atoms with Crippen molar-refractivity contribution in [1.29, 1.82) is 5.26 Å². The van der Waals surface area contributed by atoms with Crippen molar-refractivity contribution >= 4 is 17.5 Å². The molecule has 0 saturated carbocycles. The van der Waals surface area contributed by atoms with E-state index in [4.69, 9.17) is 5.26 Å². The molecule has 6 nitrogen and oxygen atoms in total. The average molecular weight is 307 g/mol. The van der Waals surface area contributed by atoms with Gasteiger partial charge in [-0.2, -0.15) is 5.26 Å². The van der Waals surface area contributed by atoms with Crippen LogP contribution in [0.4, 0.5) is 11.6 Å². The largest absolute Gasteiger partial charge is 0.340 e. The summed E-state index contributed by atoms with van der Waals surface area (Å²) in [6, 6.07) is 10.8. The predicted octanol–water partition coefficient (Wildman–Crippen LogP) is 2.20. The van der Waals surface area contributed by atoms with Gasteiger partial charge in [0.2, 0.25) is 11.9 Å². The Morgan fingerprint density at radius 2 is 2.13 bits per heavy atom. The van der Waals surface area contributed by atoms with Crippen molar-refractivity contribution in [3.05, 3.63) is 48.3 Å². The third-order valence-electron chi connectivity index (χ3n) is 3.89. The predicted molar refractivity (Wildman–Crippen MR) is 86.8 cm³/mol. The molecule has 1 aliphatic rings. The van der Waals surface area contributed by atoms with Gasteiger partial charge < -0.3 is 10.2 Å². The van der Waals surface area contributed by atoms with Gasteiger partial charge in [-0.1, -0.05) is 6.07 Å². The van der Waals surface area contributed by atoms with Gasteiger partial charge in [0.1, 0.15) is 0 Å². The van der Waals surface area contributed by atoms with Crippen molar-refractivity contribution in [2.45, 2.75) is 12.8 Å². The minimum Gasteiger partial charge on any atom is -0.340 e. The first-order valence-electron chi connectivity index (χ1n) is 7.59. The fraction of sp³-hybridized carbons (Fsp3) is 0.294. The minimum absolute atomic E-state index is 0.0271. The number of benzene rings is 1. The van der Waals surface area contributed by atoms with Gasteiger partial charge in [0, 0.05) is 31.2 Å². The summed E-state index contributed by atoms with van der Waals surface area (Å²) in [6.45, 7) is 1.46. The second kappa shape index (κ2) is 6.88. The Kier molecular flexibility index (Phi) is 4.48. The summed E-state index contributed by atoms with van der Waals surface area (Å²) in [5.74, 6) is 0.524. The summed E-state index contributed by atoms with van der Waals surface area (Å²) in [5, 5.41) is 11.8. The average Bonchev–Trinajstić information content (AvgIpc) is 2.63. The number of nitrogens with zero attached hydrogens (tertiary/aromatic N) is 4. The van der Waals surface area contributed by atoms with Gasteiger partial charge in [-0.3, -0.25) is 4.79 Å². The molecule has 1 aliphatic heterocycles. The van der Waals surface area contributed by atoms with E-state index in [1.165, 1.54) is 0 Å². The monoisotopic (exact) mass is 307 g/mol. The van der Waals surface area contributed by atoms with E-state index < -0.39 is 0 Å². The number of aromatic nitrogens is 2. The van der Waals surface area contributed by atoms with E-state index in [-0.39, 0.29) is 11.8 Å². The molecule has 1 N–H and O–H groups in total. The SMILES string of the molecule is N#Cc1cccc(NC(=O)C2CCCN(c3ncccn3)C2)c1. The number of amides is 1. The zero-order valence-electron chi connectivity index (χ0n) is 12.6. The molecule has 2 heterocycles. The van der Waals surface area contributed by atoms with Gasteiger partial charge in [-0.15, -0.1) is 0 Å². The minimum atomic E-state index is -0.113. The number of carbonyl (C=O) groups excluding carboxylic acids is 1. The van der Waals surface area contributed by atoms with Crippen LogP contribution >= 0.6 is 0 Å². The van der Waals surface area contributed by atoms with Crippen LogP contribution in [0, 0.1) is 17.2 Å². The Morgan fingerprint density at radius 1 is 1.30 bits per heavy atom. The lowest BCUT2D eigenvalue weighted by molar-refractivity contribution is -0.120. The number of hydrogen-bond acceptors (Lipinski definition) is 5. The topological polar surface area (TPSA) is 81.9 Å². The van der Waals surface area contributed by atoms with Crippen molar-refractivity contribution in [2.75, 3.05) is 23.3 Å². The molecule has 23 heavy (non-hydrogen) atoms. The van der Waals surface area contributed by atoms with Gasteiger partial charge in [0.15, 0.2) is 0 Å². The van der Waals surface area contributed by atoms with Crippen LogP contribution in [0.15, 0.2) is 42.7 Å². The summed E-state index contributed by atoms with van der Waals surface area (Å²) >= 11 is 0. The number of hydrogen-bond donors (Lipinski definition) is 1. The molecule has 0 aliphatic carbocycles. The first kappa shape index (κ1) is 15.0. The Bertz CT molecular complexity index is 725. The Balaban J connectivity index is 1.66. The van der Waals surface area contributed by atoms with E-state index in [1.54, 1.807) is 42.7 Å². The first-order chi connectivity index (χ1) is 11.3. The van der Waals surface area contributed by atoms with Gasteiger partial charge >= 0.3 is 0 Å². The van der Waals surface area contributed by atoms with E-state index in [0.717, 1.165) is 19.4 Å². The standard InChI is InChI=1S/C17H17N5O/c18-11-13-4-1-6-15(10-13)21-16(23)14-5-2-9-22(12-14)17-19-7-3-8-20-17/h1,3-4,6-8,10,14H,2,5,9,12H2,(H,21,23). The molecule has 1 unspecified atom stereocenters. The lowest BCUT2D eigenvalue weighted by atomic mass is 9.97. The fourth-order valence-electron chi connectivity index (χ4n) is 2.74. The van der Waals surface area contributed by atoms with E-state index in [1.807, 2.05) is 4.90 Å². The van der Waals surface area contributed by atoms with Crippen LogP contribution < -0.4 is 10.2 Å². The molecule has 0 radical (unpaired) electrons. The molecular weight excluding hydrogens is 290 g/mol. The second-order valence-electron chi connectivity index (χ2n) is 5.52. The number of anilines is 2. The molecule has 6 heteroatoms. The molecule has 1 amide bonds. The van der Waals surface area contributed by atoms with Gasteiger partial charge in [-0.05, 0) is 37.1 Å². The van der Waals surface area contributed by atoms with E-state index in [9.17, 15) is 4.79 Å². The Hall–Kier alpha value is -2.94. The van der Waals surface area contributed by atoms with E-state index >= 15 is 0 Å². The fourth-order valence-corrected chi connectivity index (χ4v) is 2.74. The number of rotatable bonds is 3. The Labute approximate surface area is 134 Å². The van der Waals surface area contributed by atoms with Crippen molar-refractivity contribution in [1.82, 2.24) is 9.97 Å². The smallest absolute Gasteiger partial charge is 0.229 e. The second-order valence-corrected chi connectivity index (χ2v) is 5.52. The third-order valence-corrected chi connectivity index (χ3v) is 3.89. The lowest BCUT2D eigenvalue weighted by Crippen LogP contribution is -2.41. The van der Waals surface area contributed by atoms with Crippen LogP contribution in [-0.2, 0) is 4.79 Å². The number of piperidine rings is 1. The molecule has 1 aromatic carbocycles. The molecule has 2 aromatic rings. The molecule has 1 atom stereocenters. The molecular formula is C17H17N5O. The molecule has 1 aromatic heterocycles. The Morgan fingerprint density at radius 3 is 2.91 bits per heavy atom. The first-order valence-corrected chi connectivity index (χ1v) is 7.59. The van der Waals surface area contributed by atoms with Crippen LogP contribution in [0.2, 0.25) is 0 Å². The number of nitrogens with one attached hydrogen (secondary N) is 1. The van der Waals surface area contributed by atoms with Crippen LogP contribution in [0.25, 0.3) is 0 Å². The number of carbonyl (C=O) groups is 1. The quantitative estimate of drug-likeness (QED) is 0.940. The maximum Gasteiger partial charge on any atom is 0.229 e. The van der Waals surface area contributed by atoms with Crippen molar-refractivity contribution in [3.63, 3.8) is 0 Å².